The van der Waals surface area contributed by atoms with Crippen LogP contribution in [0.5, 0.6) is 0 Å². The molecule has 18 heavy (non-hydrogen) atoms. The maximum Gasteiger partial charge on any atom is 0.253 e. The summed E-state index contributed by atoms with van der Waals surface area (Å²) in [6, 6.07) is 3.67. The van der Waals surface area contributed by atoms with E-state index in [1.807, 2.05) is 14.1 Å². The fraction of sp³-hybridized carbons (Fsp3) is 0.538. The SMILES string of the molecule is CC(C)C(CN(C)C)NC(=O)c1ccc(Br)nc1. The number of rotatable bonds is 5. The molecule has 1 amide bonds. The number of carbonyl (C=O) groups excluding carboxylic acids is 1. The van der Waals surface area contributed by atoms with Crippen molar-refractivity contribution in [2.24, 2.45) is 5.92 Å². The predicted molar refractivity (Wildman–Crippen MR) is 76.6 cm³/mol. The lowest BCUT2D eigenvalue weighted by molar-refractivity contribution is 0.0916. The van der Waals surface area contributed by atoms with E-state index in [2.05, 4.69) is 45.0 Å². The quantitative estimate of drug-likeness (QED) is 0.847. The summed E-state index contributed by atoms with van der Waals surface area (Å²) in [5.74, 6) is 0.315. The Kier molecular flexibility index (Phi) is 5.75. The van der Waals surface area contributed by atoms with Gasteiger partial charge in [0.2, 0.25) is 0 Å². The Hall–Kier alpha value is -0.940. The molecule has 0 bridgehead atoms. The van der Waals surface area contributed by atoms with Crippen molar-refractivity contribution < 1.29 is 4.79 Å². The Bertz CT molecular complexity index is 390. The number of likely N-dealkylation sites (N-methyl/N-ethyl adjacent to an activating group) is 1. The first-order valence-corrected chi connectivity index (χ1v) is 6.76. The van der Waals surface area contributed by atoms with Crippen LogP contribution in [0, 0.1) is 5.92 Å². The van der Waals surface area contributed by atoms with Gasteiger partial charge in [0.15, 0.2) is 0 Å². The summed E-state index contributed by atoms with van der Waals surface area (Å²) in [4.78, 5) is 18.2. The average molecular weight is 314 g/mol. The molecule has 0 aliphatic heterocycles. The lowest BCUT2D eigenvalue weighted by atomic mass is 10.0. The van der Waals surface area contributed by atoms with Crippen molar-refractivity contribution in [3.8, 4) is 0 Å². The molecule has 0 saturated carbocycles. The highest BCUT2D eigenvalue weighted by molar-refractivity contribution is 9.10. The fourth-order valence-corrected chi connectivity index (χ4v) is 1.81. The van der Waals surface area contributed by atoms with E-state index in [1.165, 1.54) is 0 Å². The first kappa shape index (κ1) is 15.1. The third-order valence-corrected chi connectivity index (χ3v) is 3.14. The molecule has 0 fully saturated rings. The van der Waals surface area contributed by atoms with Gasteiger partial charge in [-0.2, -0.15) is 0 Å². The molecule has 1 atom stereocenters. The summed E-state index contributed by atoms with van der Waals surface area (Å²) >= 11 is 3.25. The smallest absolute Gasteiger partial charge is 0.253 e. The van der Waals surface area contributed by atoms with Gasteiger partial charge in [0.25, 0.3) is 5.91 Å². The van der Waals surface area contributed by atoms with Crippen LogP contribution in [0.2, 0.25) is 0 Å². The van der Waals surface area contributed by atoms with Crippen molar-refractivity contribution in [2.75, 3.05) is 20.6 Å². The summed E-state index contributed by atoms with van der Waals surface area (Å²) in [5, 5.41) is 3.05. The molecule has 1 heterocycles. The zero-order valence-electron chi connectivity index (χ0n) is 11.3. The van der Waals surface area contributed by atoms with Crippen LogP contribution in [0.1, 0.15) is 24.2 Å². The Labute approximate surface area is 117 Å². The van der Waals surface area contributed by atoms with Crippen LogP contribution in [0.25, 0.3) is 0 Å². The van der Waals surface area contributed by atoms with E-state index in [4.69, 9.17) is 0 Å². The predicted octanol–water partition coefficient (Wildman–Crippen LogP) is 2.16. The zero-order valence-corrected chi connectivity index (χ0v) is 12.9. The van der Waals surface area contributed by atoms with E-state index >= 15 is 0 Å². The number of hydrogen-bond donors (Lipinski definition) is 1. The fourth-order valence-electron chi connectivity index (χ4n) is 1.58. The molecule has 100 valence electrons. The van der Waals surface area contributed by atoms with Gasteiger partial charge in [-0.25, -0.2) is 4.98 Å². The summed E-state index contributed by atoms with van der Waals surface area (Å²) in [6.07, 6.45) is 1.58. The number of nitrogens with one attached hydrogen (secondary N) is 1. The second-order valence-corrected chi connectivity index (χ2v) is 5.77. The zero-order chi connectivity index (χ0) is 13.7. The summed E-state index contributed by atoms with van der Waals surface area (Å²) in [7, 11) is 4.01. The molecule has 0 aliphatic carbocycles. The van der Waals surface area contributed by atoms with E-state index in [0.717, 1.165) is 11.1 Å². The molecule has 5 heteroatoms. The highest BCUT2D eigenvalue weighted by atomic mass is 79.9. The Balaban J connectivity index is 2.69. The number of pyridine rings is 1. The summed E-state index contributed by atoms with van der Waals surface area (Å²) in [6.45, 7) is 5.04. The minimum atomic E-state index is -0.0736. The summed E-state index contributed by atoms with van der Waals surface area (Å²) in [5.41, 5.74) is 0.586. The Morgan fingerprint density at radius 1 is 1.44 bits per heavy atom. The van der Waals surface area contributed by atoms with Gasteiger partial charge in [0.1, 0.15) is 4.60 Å². The number of nitrogens with zero attached hydrogens (tertiary/aromatic N) is 2. The van der Waals surface area contributed by atoms with Gasteiger partial charge >= 0.3 is 0 Å². The van der Waals surface area contributed by atoms with Crippen molar-refractivity contribution in [1.82, 2.24) is 15.2 Å². The molecular formula is C13H20BrN3O. The van der Waals surface area contributed by atoms with Crippen LogP contribution in [-0.4, -0.2) is 42.5 Å². The number of amides is 1. The molecule has 0 aliphatic rings. The molecule has 1 aromatic rings. The summed E-state index contributed by atoms with van der Waals surface area (Å²) < 4.78 is 0.729. The van der Waals surface area contributed by atoms with E-state index in [1.54, 1.807) is 18.3 Å². The minimum absolute atomic E-state index is 0.0736. The van der Waals surface area contributed by atoms with Crippen molar-refractivity contribution in [1.29, 1.82) is 0 Å². The van der Waals surface area contributed by atoms with Crippen LogP contribution in [0.3, 0.4) is 0 Å². The van der Waals surface area contributed by atoms with Crippen LogP contribution >= 0.6 is 15.9 Å². The van der Waals surface area contributed by atoms with Gasteiger partial charge in [0.05, 0.1) is 5.56 Å². The van der Waals surface area contributed by atoms with Crippen molar-refractivity contribution in [3.63, 3.8) is 0 Å². The highest BCUT2D eigenvalue weighted by Gasteiger charge is 2.17. The molecule has 0 radical (unpaired) electrons. The van der Waals surface area contributed by atoms with Gasteiger partial charge in [-0.3, -0.25) is 4.79 Å². The second kappa shape index (κ2) is 6.85. The topological polar surface area (TPSA) is 45.2 Å². The minimum Gasteiger partial charge on any atom is -0.348 e. The first-order chi connectivity index (χ1) is 8.40. The van der Waals surface area contributed by atoms with Crippen LogP contribution in [0.15, 0.2) is 22.9 Å². The lowest BCUT2D eigenvalue weighted by Crippen LogP contribution is -2.45. The highest BCUT2D eigenvalue weighted by Crippen LogP contribution is 2.08. The van der Waals surface area contributed by atoms with E-state index in [-0.39, 0.29) is 11.9 Å². The van der Waals surface area contributed by atoms with Gasteiger partial charge in [-0.15, -0.1) is 0 Å². The largest absolute Gasteiger partial charge is 0.348 e. The van der Waals surface area contributed by atoms with E-state index < -0.39 is 0 Å². The number of aromatic nitrogens is 1. The normalized spacial score (nSPS) is 12.8. The van der Waals surface area contributed by atoms with Crippen molar-refractivity contribution >= 4 is 21.8 Å². The third-order valence-electron chi connectivity index (χ3n) is 2.67. The molecule has 1 aromatic heterocycles. The molecular weight excluding hydrogens is 294 g/mol. The van der Waals surface area contributed by atoms with Gasteiger partial charge in [-0.1, -0.05) is 13.8 Å². The van der Waals surface area contributed by atoms with E-state index in [0.29, 0.717) is 11.5 Å². The molecule has 0 saturated heterocycles. The van der Waals surface area contributed by atoms with Gasteiger partial charge < -0.3 is 10.2 Å². The molecule has 1 unspecified atom stereocenters. The standard InChI is InChI=1S/C13H20BrN3O/c1-9(2)11(8-17(3)4)16-13(18)10-5-6-12(14)15-7-10/h5-7,9,11H,8H2,1-4H3,(H,16,18). The number of hydrogen-bond acceptors (Lipinski definition) is 3. The molecule has 4 nitrogen and oxygen atoms in total. The van der Waals surface area contributed by atoms with E-state index in [9.17, 15) is 4.79 Å². The maximum atomic E-state index is 12.1. The lowest BCUT2D eigenvalue weighted by Gasteiger charge is -2.25. The monoisotopic (exact) mass is 313 g/mol. The molecule has 1 N–H and O–H groups in total. The Morgan fingerprint density at radius 3 is 2.56 bits per heavy atom. The molecule has 0 aromatic carbocycles. The second-order valence-electron chi connectivity index (χ2n) is 4.96. The van der Waals surface area contributed by atoms with Crippen LogP contribution in [0.4, 0.5) is 0 Å². The van der Waals surface area contributed by atoms with Gasteiger partial charge in [0, 0.05) is 18.8 Å². The number of carbonyl (C=O) groups is 1. The molecule has 0 spiro atoms. The third kappa shape index (κ3) is 4.74. The van der Waals surface area contributed by atoms with Crippen LogP contribution in [-0.2, 0) is 0 Å². The average Bonchev–Trinajstić information content (AvgIpc) is 2.28. The van der Waals surface area contributed by atoms with Crippen molar-refractivity contribution in [2.45, 2.75) is 19.9 Å². The first-order valence-electron chi connectivity index (χ1n) is 5.97. The molecule has 1 rings (SSSR count). The van der Waals surface area contributed by atoms with Crippen molar-refractivity contribution in [3.05, 3.63) is 28.5 Å². The van der Waals surface area contributed by atoms with Gasteiger partial charge in [-0.05, 0) is 48.1 Å². The maximum absolute atomic E-state index is 12.1. The number of halogens is 1. The Morgan fingerprint density at radius 2 is 2.11 bits per heavy atom. The van der Waals surface area contributed by atoms with Crippen LogP contribution < -0.4 is 5.32 Å².